The monoisotopic (exact) mass is 193 g/mol. The second-order valence-electron chi connectivity index (χ2n) is 2.79. The Morgan fingerprint density at radius 1 is 1.86 bits per heavy atom. The van der Waals surface area contributed by atoms with E-state index in [9.17, 15) is 4.79 Å². The SMILES string of the molecule is CCC(C#N)C(=O)NCc1ccno1. The van der Waals surface area contributed by atoms with Crippen LogP contribution in [0.25, 0.3) is 0 Å². The first kappa shape index (κ1) is 10.3. The van der Waals surface area contributed by atoms with E-state index < -0.39 is 5.92 Å². The minimum absolute atomic E-state index is 0.272. The van der Waals surface area contributed by atoms with Crippen LogP contribution in [0, 0.1) is 17.2 Å². The van der Waals surface area contributed by atoms with Crippen molar-refractivity contribution >= 4 is 5.91 Å². The molecule has 0 aromatic carbocycles. The predicted octanol–water partition coefficient (Wildman–Crippen LogP) is 0.841. The first-order valence-corrected chi connectivity index (χ1v) is 4.34. The normalized spacial score (nSPS) is 11.7. The Kier molecular flexibility index (Phi) is 3.68. The third-order valence-electron chi connectivity index (χ3n) is 1.81. The van der Waals surface area contributed by atoms with Gasteiger partial charge in [0.15, 0.2) is 5.76 Å². The number of aromatic nitrogens is 1. The lowest BCUT2D eigenvalue weighted by Crippen LogP contribution is -2.28. The van der Waals surface area contributed by atoms with Crippen LogP contribution in [0.1, 0.15) is 19.1 Å². The molecule has 0 bridgehead atoms. The van der Waals surface area contributed by atoms with Crippen molar-refractivity contribution in [2.45, 2.75) is 19.9 Å². The van der Waals surface area contributed by atoms with E-state index in [1.807, 2.05) is 6.07 Å². The fourth-order valence-corrected chi connectivity index (χ4v) is 0.966. The molecule has 0 aliphatic heterocycles. The average Bonchev–Trinajstić information content (AvgIpc) is 2.69. The van der Waals surface area contributed by atoms with Crippen LogP contribution in [-0.2, 0) is 11.3 Å². The Morgan fingerprint density at radius 2 is 2.64 bits per heavy atom. The molecular weight excluding hydrogens is 182 g/mol. The summed E-state index contributed by atoms with van der Waals surface area (Å²) in [5.74, 6) is -0.282. The largest absolute Gasteiger partial charge is 0.360 e. The van der Waals surface area contributed by atoms with E-state index in [0.717, 1.165) is 0 Å². The number of carbonyl (C=O) groups is 1. The van der Waals surface area contributed by atoms with E-state index in [4.69, 9.17) is 9.78 Å². The van der Waals surface area contributed by atoms with Crippen molar-refractivity contribution in [1.29, 1.82) is 5.26 Å². The van der Waals surface area contributed by atoms with Crippen LogP contribution in [0.2, 0.25) is 0 Å². The van der Waals surface area contributed by atoms with Crippen molar-refractivity contribution in [3.8, 4) is 6.07 Å². The van der Waals surface area contributed by atoms with Gasteiger partial charge in [0.1, 0.15) is 5.92 Å². The molecular formula is C9H11N3O2. The van der Waals surface area contributed by atoms with E-state index in [1.165, 1.54) is 6.20 Å². The van der Waals surface area contributed by atoms with Crippen molar-refractivity contribution in [3.63, 3.8) is 0 Å². The summed E-state index contributed by atoms with van der Waals surface area (Å²) in [5.41, 5.74) is 0. The molecule has 1 aromatic heterocycles. The number of nitrogens with zero attached hydrogens (tertiary/aromatic N) is 2. The molecule has 1 amide bonds. The molecule has 14 heavy (non-hydrogen) atoms. The van der Waals surface area contributed by atoms with Crippen molar-refractivity contribution < 1.29 is 9.32 Å². The van der Waals surface area contributed by atoms with Crippen LogP contribution in [-0.4, -0.2) is 11.1 Å². The highest BCUT2D eigenvalue weighted by molar-refractivity contribution is 5.80. The number of hydrogen-bond acceptors (Lipinski definition) is 4. The van der Waals surface area contributed by atoms with Gasteiger partial charge in [-0.15, -0.1) is 0 Å². The molecule has 0 radical (unpaired) electrons. The summed E-state index contributed by atoms with van der Waals surface area (Å²) in [6.45, 7) is 2.07. The first-order chi connectivity index (χ1) is 6.77. The zero-order valence-corrected chi connectivity index (χ0v) is 7.86. The quantitative estimate of drug-likeness (QED) is 0.768. The van der Waals surface area contributed by atoms with Gasteiger partial charge in [-0.05, 0) is 6.42 Å². The molecule has 1 rings (SSSR count). The summed E-state index contributed by atoms with van der Waals surface area (Å²) in [6.07, 6.45) is 2.02. The molecule has 1 aromatic rings. The van der Waals surface area contributed by atoms with Crippen molar-refractivity contribution in [2.24, 2.45) is 5.92 Å². The molecule has 0 fully saturated rings. The predicted molar refractivity (Wildman–Crippen MR) is 47.7 cm³/mol. The Balaban J connectivity index is 2.39. The fraction of sp³-hybridized carbons (Fsp3) is 0.444. The Hall–Kier alpha value is -1.83. The highest BCUT2D eigenvalue weighted by atomic mass is 16.5. The van der Waals surface area contributed by atoms with Gasteiger partial charge in [0.2, 0.25) is 5.91 Å². The van der Waals surface area contributed by atoms with E-state index >= 15 is 0 Å². The highest BCUT2D eigenvalue weighted by Crippen LogP contribution is 2.01. The highest BCUT2D eigenvalue weighted by Gasteiger charge is 2.14. The van der Waals surface area contributed by atoms with Crippen LogP contribution in [0.4, 0.5) is 0 Å². The summed E-state index contributed by atoms with van der Waals surface area (Å²) in [7, 11) is 0. The maximum absolute atomic E-state index is 11.3. The van der Waals surface area contributed by atoms with Crippen LogP contribution in [0.15, 0.2) is 16.8 Å². The lowest BCUT2D eigenvalue weighted by Gasteiger charge is -2.05. The van der Waals surface area contributed by atoms with E-state index in [0.29, 0.717) is 12.2 Å². The number of hydrogen-bond donors (Lipinski definition) is 1. The second kappa shape index (κ2) is 5.02. The van der Waals surface area contributed by atoms with Crippen LogP contribution in [0.3, 0.4) is 0 Å². The smallest absolute Gasteiger partial charge is 0.237 e. The molecule has 5 nitrogen and oxygen atoms in total. The Labute approximate surface area is 81.7 Å². The summed E-state index contributed by atoms with van der Waals surface area (Å²) < 4.78 is 4.78. The molecule has 1 heterocycles. The number of rotatable bonds is 4. The third kappa shape index (κ3) is 2.59. The van der Waals surface area contributed by atoms with Crippen molar-refractivity contribution in [2.75, 3.05) is 0 Å². The van der Waals surface area contributed by atoms with Gasteiger partial charge in [0.25, 0.3) is 0 Å². The number of nitriles is 1. The van der Waals surface area contributed by atoms with Gasteiger partial charge in [-0.3, -0.25) is 4.79 Å². The van der Waals surface area contributed by atoms with Crippen LogP contribution >= 0.6 is 0 Å². The van der Waals surface area contributed by atoms with Gasteiger partial charge in [0.05, 0.1) is 18.8 Å². The molecule has 0 aliphatic carbocycles. The number of amides is 1. The van der Waals surface area contributed by atoms with E-state index in [1.54, 1.807) is 13.0 Å². The lowest BCUT2D eigenvalue weighted by molar-refractivity contribution is -0.123. The van der Waals surface area contributed by atoms with Crippen molar-refractivity contribution in [1.82, 2.24) is 10.5 Å². The number of nitrogens with one attached hydrogen (secondary N) is 1. The van der Waals surface area contributed by atoms with Gasteiger partial charge in [-0.25, -0.2) is 0 Å². The topological polar surface area (TPSA) is 78.9 Å². The summed E-state index contributed by atoms with van der Waals surface area (Å²) in [6, 6.07) is 3.58. The minimum atomic E-state index is -0.585. The van der Waals surface area contributed by atoms with Gasteiger partial charge in [0, 0.05) is 6.07 Å². The Bertz CT molecular complexity index is 326. The van der Waals surface area contributed by atoms with E-state index in [2.05, 4.69) is 10.5 Å². The first-order valence-electron chi connectivity index (χ1n) is 4.34. The van der Waals surface area contributed by atoms with Gasteiger partial charge < -0.3 is 9.84 Å². The maximum atomic E-state index is 11.3. The third-order valence-corrected chi connectivity index (χ3v) is 1.81. The molecule has 0 saturated heterocycles. The maximum Gasteiger partial charge on any atom is 0.237 e. The van der Waals surface area contributed by atoms with Crippen LogP contribution in [0.5, 0.6) is 0 Å². The zero-order valence-electron chi connectivity index (χ0n) is 7.86. The molecule has 0 spiro atoms. The molecule has 0 saturated carbocycles. The molecule has 5 heteroatoms. The number of carbonyl (C=O) groups excluding carboxylic acids is 1. The molecule has 1 N–H and O–H groups in total. The van der Waals surface area contributed by atoms with Gasteiger partial charge >= 0.3 is 0 Å². The fourth-order valence-electron chi connectivity index (χ4n) is 0.966. The lowest BCUT2D eigenvalue weighted by atomic mass is 10.1. The van der Waals surface area contributed by atoms with Gasteiger partial charge in [-0.2, -0.15) is 5.26 Å². The zero-order chi connectivity index (χ0) is 10.4. The average molecular weight is 193 g/mol. The summed E-state index contributed by atoms with van der Waals surface area (Å²) >= 11 is 0. The molecule has 74 valence electrons. The summed E-state index contributed by atoms with van der Waals surface area (Å²) in [4.78, 5) is 11.3. The summed E-state index contributed by atoms with van der Waals surface area (Å²) in [5, 5.41) is 14.7. The van der Waals surface area contributed by atoms with Gasteiger partial charge in [-0.1, -0.05) is 12.1 Å². The standard InChI is InChI=1S/C9H11N3O2/c1-2-7(5-10)9(13)11-6-8-3-4-12-14-8/h3-4,7H,2,6H2,1H3,(H,11,13). The molecule has 1 atom stereocenters. The minimum Gasteiger partial charge on any atom is -0.360 e. The van der Waals surface area contributed by atoms with Crippen LogP contribution < -0.4 is 5.32 Å². The molecule has 1 unspecified atom stereocenters. The van der Waals surface area contributed by atoms with E-state index in [-0.39, 0.29) is 12.5 Å². The Morgan fingerprint density at radius 3 is 3.14 bits per heavy atom. The molecule has 0 aliphatic rings. The second-order valence-corrected chi connectivity index (χ2v) is 2.79. The van der Waals surface area contributed by atoms with Crippen molar-refractivity contribution in [3.05, 3.63) is 18.0 Å².